The number of halogens is 1. The van der Waals surface area contributed by atoms with Crippen molar-refractivity contribution in [2.45, 2.75) is 0 Å². The number of nitrogens with zero attached hydrogens (tertiary/aromatic N) is 6. The fourth-order valence-electron chi connectivity index (χ4n) is 3.24. The van der Waals surface area contributed by atoms with E-state index in [0.29, 0.717) is 48.3 Å². The Kier molecular flexibility index (Phi) is 4.26. The van der Waals surface area contributed by atoms with E-state index in [9.17, 15) is 9.81 Å². The van der Waals surface area contributed by atoms with Gasteiger partial charge in [-0.2, -0.15) is 5.01 Å². The minimum absolute atomic E-state index is 0.517. The van der Waals surface area contributed by atoms with E-state index in [1.807, 2.05) is 24.3 Å². The Morgan fingerprint density at radius 1 is 0.923 bits per heavy atom. The lowest BCUT2D eigenvalue weighted by Gasteiger charge is -2.33. The van der Waals surface area contributed by atoms with E-state index in [-0.39, 0.29) is 0 Å². The summed E-state index contributed by atoms with van der Waals surface area (Å²) in [6.45, 7) is 2.23. The number of amidine groups is 1. The molecule has 2 aliphatic rings. The molecule has 0 amide bonds. The largest absolute Gasteiger partial charge is 0.352 e. The summed E-state index contributed by atoms with van der Waals surface area (Å²) in [6, 6.07) is 12.6. The van der Waals surface area contributed by atoms with E-state index in [4.69, 9.17) is 16.6 Å². The van der Waals surface area contributed by atoms with Crippen LogP contribution in [-0.4, -0.2) is 41.9 Å². The number of benzene rings is 2. The number of hydrogen-bond donors (Lipinski definition) is 0. The number of nitroso groups, excluding NO2 is 2. The molecule has 0 radical (unpaired) electrons. The minimum atomic E-state index is 0.517. The number of rotatable bonds is 2. The molecule has 0 atom stereocenters. The lowest BCUT2D eigenvalue weighted by Crippen LogP contribution is -2.47. The van der Waals surface area contributed by atoms with Crippen molar-refractivity contribution in [2.24, 2.45) is 15.6 Å². The molecule has 0 saturated carbocycles. The number of piperazine rings is 1. The molecule has 0 spiro atoms. The molecule has 0 N–H and O–H groups in total. The van der Waals surface area contributed by atoms with Gasteiger partial charge in [0, 0.05) is 23.7 Å². The van der Waals surface area contributed by atoms with Gasteiger partial charge in [-0.1, -0.05) is 23.7 Å². The molecule has 8 nitrogen and oxygen atoms in total. The zero-order valence-corrected chi connectivity index (χ0v) is 14.5. The van der Waals surface area contributed by atoms with Gasteiger partial charge in [0.05, 0.1) is 40.7 Å². The van der Waals surface area contributed by atoms with Crippen LogP contribution in [0.5, 0.6) is 0 Å². The molecular weight excluding hydrogens is 356 g/mol. The monoisotopic (exact) mass is 370 g/mol. The van der Waals surface area contributed by atoms with Crippen LogP contribution in [0.1, 0.15) is 5.56 Å². The van der Waals surface area contributed by atoms with Gasteiger partial charge in [0.15, 0.2) is 0 Å². The highest BCUT2D eigenvalue weighted by molar-refractivity contribution is 6.31. The first-order valence-electron chi connectivity index (χ1n) is 8.15. The number of hydrogen-bond acceptors (Lipinski definition) is 6. The van der Waals surface area contributed by atoms with Crippen LogP contribution in [0.2, 0.25) is 5.02 Å². The van der Waals surface area contributed by atoms with Crippen LogP contribution in [0.25, 0.3) is 0 Å². The van der Waals surface area contributed by atoms with Crippen LogP contribution >= 0.6 is 11.6 Å². The van der Waals surface area contributed by atoms with Crippen LogP contribution in [0.3, 0.4) is 0 Å². The molecule has 26 heavy (non-hydrogen) atoms. The van der Waals surface area contributed by atoms with Crippen molar-refractivity contribution in [1.82, 2.24) is 9.91 Å². The standard InChI is InChI=1S/C17H15ClN6O2/c18-12-5-6-16-14(11-12)19-17(22-7-9-23(20-25)10-8-22)13-3-1-2-4-15(13)24(16)21-26/h1-6,11H,7-10H2. The Morgan fingerprint density at radius 3 is 2.42 bits per heavy atom. The number of anilines is 2. The average Bonchev–Trinajstić information content (AvgIpc) is 2.82. The maximum absolute atomic E-state index is 11.6. The second-order valence-corrected chi connectivity index (χ2v) is 6.44. The minimum Gasteiger partial charge on any atom is -0.352 e. The maximum atomic E-state index is 11.6. The molecule has 0 aliphatic carbocycles. The molecule has 0 aromatic heterocycles. The van der Waals surface area contributed by atoms with Gasteiger partial charge in [0.2, 0.25) is 0 Å². The van der Waals surface area contributed by atoms with Gasteiger partial charge < -0.3 is 4.90 Å². The van der Waals surface area contributed by atoms with E-state index in [1.54, 1.807) is 18.2 Å². The highest BCUT2D eigenvalue weighted by Gasteiger charge is 2.28. The van der Waals surface area contributed by atoms with Gasteiger partial charge in [-0.15, -0.1) is 9.81 Å². The summed E-state index contributed by atoms with van der Waals surface area (Å²) in [5.41, 5.74) is 2.59. The first kappa shape index (κ1) is 16.5. The molecule has 4 rings (SSSR count). The van der Waals surface area contributed by atoms with Gasteiger partial charge in [-0.25, -0.2) is 4.99 Å². The van der Waals surface area contributed by atoms with Gasteiger partial charge >= 0.3 is 0 Å². The molecule has 2 aromatic rings. The van der Waals surface area contributed by atoms with Gasteiger partial charge in [-0.05, 0) is 30.3 Å². The van der Waals surface area contributed by atoms with Crippen LogP contribution in [0.15, 0.2) is 58.0 Å². The highest BCUT2D eigenvalue weighted by Crippen LogP contribution is 2.41. The number of aliphatic imine (C=N–C) groups is 1. The highest BCUT2D eigenvalue weighted by atomic mass is 35.5. The van der Waals surface area contributed by atoms with E-state index in [0.717, 1.165) is 11.4 Å². The average molecular weight is 371 g/mol. The van der Waals surface area contributed by atoms with E-state index < -0.39 is 0 Å². The third-order valence-corrected chi connectivity index (χ3v) is 4.75. The van der Waals surface area contributed by atoms with Crippen LogP contribution in [0, 0.1) is 9.81 Å². The third-order valence-electron chi connectivity index (χ3n) is 4.52. The fourth-order valence-corrected chi connectivity index (χ4v) is 3.40. The third kappa shape index (κ3) is 2.78. The van der Waals surface area contributed by atoms with Gasteiger partial charge in [0.1, 0.15) is 5.84 Å². The maximum Gasteiger partial charge on any atom is 0.138 e. The van der Waals surface area contributed by atoms with Crippen molar-refractivity contribution >= 4 is 34.5 Å². The summed E-state index contributed by atoms with van der Waals surface area (Å²) in [4.78, 5) is 29.2. The van der Waals surface area contributed by atoms with Crippen molar-refractivity contribution in [3.63, 3.8) is 0 Å². The molecule has 2 aromatic carbocycles. The molecule has 0 bridgehead atoms. The lowest BCUT2D eigenvalue weighted by molar-refractivity contribution is 0.186. The van der Waals surface area contributed by atoms with Crippen LogP contribution < -0.4 is 5.01 Å². The summed E-state index contributed by atoms with van der Waals surface area (Å²) in [5, 5.41) is 9.56. The van der Waals surface area contributed by atoms with Crippen molar-refractivity contribution in [3.05, 3.63) is 62.9 Å². The first-order valence-corrected chi connectivity index (χ1v) is 8.53. The zero-order valence-electron chi connectivity index (χ0n) is 13.7. The molecule has 1 saturated heterocycles. The zero-order chi connectivity index (χ0) is 18.1. The van der Waals surface area contributed by atoms with Gasteiger partial charge in [0.25, 0.3) is 0 Å². The SMILES string of the molecule is O=NN1CCN(C2=Nc3cc(Cl)ccc3N(N=O)c3ccccc32)CC1. The molecule has 2 heterocycles. The predicted octanol–water partition coefficient (Wildman–Crippen LogP) is 3.85. The quantitative estimate of drug-likeness (QED) is 0.750. The van der Waals surface area contributed by atoms with E-state index in [1.165, 1.54) is 10.0 Å². The Morgan fingerprint density at radius 2 is 1.69 bits per heavy atom. The normalized spacial score (nSPS) is 16.3. The predicted molar refractivity (Wildman–Crippen MR) is 101 cm³/mol. The van der Waals surface area contributed by atoms with Crippen molar-refractivity contribution in [1.29, 1.82) is 0 Å². The molecule has 1 fully saturated rings. The van der Waals surface area contributed by atoms with Crippen molar-refractivity contribution < 1.29 is 0 Å². The summed E-state index contributed by atoms with van der Waals surface area (Å²) in [6.07, 6.45) is 0. The molecule has 2 aliphatic heterocycles. The van der Waals surface area contributed by atoms with Crippen molar-refractivity contribution in [3.8, 4) is 0 Å². The Balaban J connectivity index is 1.86. The number of fused-ring (bicyclic) bond motifs is 2. The van der Waals surface area contributed by atoms with Crippen LogP contribution in [-0.2, 0) is 0 Å². The summed E-state index contributed by atoms with van der Waals surface area (Å²) in [7, 11) is 0. The van der Waals surface area contributed by atoms with Crippen molar-refractivity contribution in [2.75, 3.05) is 31.2 Å². The smallest absolute Gasteiger partial charge is 0.138 e. The summed E-state index contributed by atoms with van der Waals surface area (Å²) in [5.74, 6) is 0.723. The molecule has 9 heteroatoms. The first-order chi connectivity index (χ1) is 12.7. The second kappa shape index (κ2) is 6.72. The summed E-state index contributed by atoms with van der Waals surface area (Å²) >= 11 is 6.14. The topological polar surface area (TPSA) is 80.9 Å². The Bertz CT molecular complexity index is 895. The second-order valence-electron chi connectivity index (χ2n) is 6.00. The summed E-state index contributed by atoms with van der Waals surface area (Å²) < 4.78 is 0. The van der Waals surface area contributed by atoms with Crippen LogP contribution in [0.4, 0.5) is 17.1 Å². The van der Waals surface area contributed by atoms with Gasteiger partial charge in [-0.3, -0.25) is 5.01 Å². The molecule has 132 valence electrons. The lowest BCUT2D eigenvalue weighted by atomic mass is 10.1. The molecule has 0 unspecified atom stereocenters. The fraction of sp³-hybridized carbons (Fsp3) is 0.235. The van der Waals surface area contributed by atoms with E-state index in [2.05, 4.69) is 15.5 Å². The van der Waals surface area contributed by atoms with E-state index >= 15 is 0 Å². The Labute approximate surface area is 154 Å². The Hall–Kier alpha value is -3.00. The molecular formula is C17H15ClN6O2. The number of para-hydroxylation sites is 1.